The Morgan fingerprint density at radius 1 is 1.31 bits per heavy atom. The third kappa shape index (κ3) is 3.55. The second-order valence-corrected chi connectivity index (χ2v) is 8.40. The number of fused-ring (bicyclic) bond motifs is 1. The average molecular weight is 375 g/mol. The van der Waals surface area contributed by atoms with E-state index in [1.807, 2.05) is 0 Å². The fourth-order valence-corrected chi connectivity index (χ4v) is 4.05. The number of carbonyl (C=O) groups excluding carboxylic acids is 1. The fraction of sp³-hybridized carbons (Fsp3) is 0.333. The van der Waals surface area contributed by atoms with Crippen molar-refractivity contribution >= 4 is 21.8 Å². The number of sulfonamides is 1. The molecule has 2 heterocycles. The average Bonchev–Trinajstić information content (AvgIpc) is 3.43. The van der Waals surface area contributed by atoms with E-state index >= 15 is 0 Å². The Morgan fingerprint density at radius 3 is 2.85 bits per heavy atom. The molecule has 1 saturated carbocycles. The van der Waals surface area contributed by atoms with Crippen LogP contribution in [-0.2, 0) is 21.4 Å². The highest BCUT2D eigenvalue weighted by atomic mass is 32.2. The molecule has 6 nitrogen and oxygen atoms in total. The Balaban J connectivity index is 1.56. The molecule has 0 N–H and O–H groups in total. The number of amides is 1. The molecule has 1 aromatic rings. The molecule has 0 aromatic heterocycles. The first-order valence-corrected chi connectivity index (χ1v) is 10.1. The van der Waals surface area contributed by atoms with Gasteiger partial charge in [-0.1, -0.05) is 12.1 Å². The zero-order valence-corrected chi connectivity index (χ0v) is 14.8. The Kier molecular flexibility index (Phi) is 4.14. The molecule has 8 heteroatoms. The van der Waals surface area contributed by atoms with Crippen LogP contribution in [0, 0.1) is 5.82 Å². The number of hydrogen-bond donors (Lipinski definition) is 0. The monoisotopic (exact) mass is 375 g/mol. The SMILES string of the molecule is O=C(C1=CN2CCS(=O)(=O)N=C2C=C1)N(Cc1cccc(F)c1)C1CC1. The van der Waals surface area contributed by atoms with Crippen LogP contribution in [0.3, 0.4) is 0 Å². The molecule has 3 aliphatic rings. The van der Waals surface area contributed by atoms with Crippen molar-refractivity contribution in [2.75, 3.05) is 12.3 Å². The first-order valence-electron chi connectivity index (χ1n) is 8.46. The van der Waals surface area contributed by atoms with Gasteiger partial charge in [0.1, 0.15) is 11.7 Å². The third-order valence-electron chi connectivity index (χ3n) is 4.56. The Bertz CT molecular complexity index is 948. The summed E-state index contributed by atoms with van der Waals surface area (Å²) in [6.07, 6.45) is 6.67. The van der Waals surface area contributed by atoms with E-state index in [4.69, 9.17) is 0 Å². The van der Waals surface area contributed by atoms with Gasteiger partial charge in [-0.3, -0.25) is 4.79 Å². The quantitative estimate of drug-likeness (QED) is 0.805. The fourth-order valence-electron chi connectivity index (χ4n) is 3.08. The number of benzene rings is 1. The van der Waals surface area contributed by atoms with Crippen molar-refractivity contribution in [2.45, 2.75) is 25.4 Å². The third-order valence-corrected chi connectivity index (χ3v) is 5.73. The van der Waals surface area contributed by atoms with Crippen molar-refractivity contribution in [2.24, 2.45) is 4.40 Å². The number of nitrogens with zero attached hydrogens (tertiary/aromatic N) is 3. The van der Waals surface area contributed by atoms with Crippen molar-refractivity contribution < 1.29 is 17.6 Å². The van der Waals surface area contributed by atoms with Gasteiger partial charge >= 0.3 is 0 Å². The van der Waals surface area contributed by atoms with Gasteiger partial charge in [0.25, 0.3) is 15.9 Å². The number of rotatable bonds is 4. The number of carbonyl (C=O) groups is 1. The zero-order chi connectivity index (χ0) is 18.3. The highest BCUT2D eigenvalue weighted by Gasteiger charge is 2.34. The van der Waals surface area contributed by atoms with E-state index in [2.05, 4.69) is 4.40 Å². The van der Waals surface area contributed by atoms with Crippen molar-refractivity contribution in [3.63, 3.8) is 0 Å². The summed E-state index contributed by atoms with van der Waals surface area (Å²) in [5.41, 5.74) is 1.23. The summed E-state index contributed by atoms with van der Waals surface area (Å²) in [6.45, 7) is 0.622. The molecule has 1 aromatic carbocycles. The van der Waals surface area contributed by atoms with Crippen LogP contribution >= 0.6 is 0 Å². The van der Waals surface area contributed by atoms with Crippen LogP contribution in [0.25, 0.3) is 0 Å². The molecule has 0 radical (unpaired) electrons. The lowest BCUT2D eigenvalue weighted by Crippen LogP contribution is -2.39. The van der Waals surface area contributed by atoms with Crippen molar-refractivity contribution in [1.29, 1.82) is 0 Å². The van der Waals surface area contributed by atoms with Crippen molar-refractivity contribution in [3.8, 4) is 0 Å². The first-order chi connectivity index (χ1) is 12.4. The maximum Gasteiger partial charge on any atom is 0.256 e. The topological polar surface area (TPSA) is 70.0 Å². The Labute approximate surface area is 151 Å². The molecule has 1 amide bonds. The zero-order valence-electron chi connectivity index (χ0n) is 14.0. The molecular formula is C18H18FN3O3S. The van der Waals surface area contributed by atoms with Gasteiger partial charge in [0.15, 0.2) is 0 Å². The molecule has 2 aliphatic heterocycles. The molecule has 136 valence electrons. The molecule has 1 aliphatic carbocycles. The predicted molar refractivity (Wildman–Crippen MR) is 95.1 cm³/mol. The van der Waals surface area contributed by atoms with E-state index in [-0.39, 0.29) is 30.1 Å². The summed E-state index contributed by atoms with van der Waals surface area (Å²) in [6, 6.07) is 6.42. The van der Waals surface area contributed by atoms with Crippen LogP contribution in [0.5, 0.6) is 0 Å². The van der Waals surface area contributed by atoms with Gasteiger partial charge in [0.05, 0.1) is 11.3 Å². The maximum absolute atomic E-state index is 13.4. The highest BCUT2D eigenvalue weighted by molar-refractivity contribution is 7.90. The van der Waals surface area contributed by atoms with Gasteiger partial charge in [-0.25, -0.2) is 12.8 Å². The largest absolute Gasteiger partial charge is 0.331 e. The van der Waals surface area contributed by atoms with Gasteiger partial charge in [0, 0.05) is 25.3 Å². The number of halogens is 1. The van der Waals surface area contributed by atoms with Crippen LogP contribution in [-0.4, -0.2) is 48.3 Å². The molecule has 0 unspecified atom stereocenters. The molecule has 0 atom stereocenters. The summed E-state index contributed by atoms with van der Waals surface area (Å²) in [4.78, 5) is 16.4. The van der Waals surface area contributed by atoms with Gasteiger partial charge in [-0.2, -0.15) is 0 Å². The van der Waals surface area contributed by atoms with Crippen LogP contribution in [0.15, 0.2) is 52.6 Å². The van der Waals surface area contributed by atoms with Crippen LogP contribution < -0.4 is 0 Å². The van der Waals surface area contributed by atoms with Crippen molar-refractivity contribution in [1.82, 2.24) is 9.80 Å². The lowest BCUT2D eigenvalue weighted by Gasteiger charge is -2.29. The minimum absolute atomic E-state index is 0.0715. The minimum atomic E-state index is -3.42. The molecule has 1 fully saturated rings. The minimum Gasteiger partial charge on any atom is -0.331 e. The first kappa shape index (κ1) is 17.0. The Hall–Kier alpha value is -2.48. The summed E-state index contributed by atoms with van der Waals surface area (Å²) in [5, 5.41) is 0. The van der Waals surface area contributed by atoms with Crippen LogP contribution in [0.2, 0.25) is 0 Å². The summed E-state index contributed by atoms with van der Waals surface area (Å²) in [5.74, 6) is -0.202. The molecule has 4 rings (SSSR count). The molecular weight excluding hydrogens is 357 g/mol. The van der Waals surface area contributed by atoms with E-state index in [0.717, 1.165) is 18.4 Å². The standard InChI is InChI=1S/C18H18FN3O3S/c19-15-3-1-2-13(10-15)11-22(16-5-6-16)18(23)14-4-7-17-20-26(24,25)9-8-21(17)12-14/h1-4,7,10,12,16H,5-6,8-9,11H2. The second-order valence-electron chi connectivity index (χ2n) is 6.64. The summed E-state index contributed by atoms with van der Waals surface area (Å²) >= 11 is 0. The number of amidine groups is 1. The van der Waals surface area contributed by atoms with Gasteiger partial charge in [0.2, 0.25) is 0 Å². The van der Waals surface area contributed by atoms with E-state index < -0.39 is 10.0 Å². The lowest BCUT2D eigenvalue weighted by molar-refractivity contribution is -0.128. The van der Waals surface area contributed by atoms with E-state index in [1.165, 1.54) is 12.1 Å². The van der Waals surface area contributed by atoms with Crippen LogP contribution in [0.4, 0.5) is 4.39 Å². The maximum atomic E-state index is 13.4. The lowest BCUT2D eigenvalue weighted by atomic mass is 10.1. The number of hydrogen-bond acceptors (Lipinski definition) is 4. The molecule has 0 bridgehead atoms. The second kappa shape index (κ2) is 6.35. The highest BCUT2D eigenvalue weighted by Crippen LogP contribution is 2.30. The summed E-state index contributed by atoms with van der Waals surface area (Å²) < 4.78 is 40.3. The van der Waals surface area contributed by atoms with Crippen LogP contribution in [0.1, 0.15) is 18.4 Å². The summed E-state index contributed by atoms with van der Waals surface area (Å²) in [7, 11) is -3.42. The smallest absolute Gasteiger partial charge is 0.256 e. The van der Waals surface area contributed by atoms with Gasteiger partial charge < -0.3 is 9.80 Å². The molecule has 0 saturated heterocycles. The van der Waals surface area contributed by atoms with E-state index in [0.29, 0.717) is 18.0 Å². The van der Waals surface area contributed by atoms with E-state index in [1.54, 1.807) is 40.3 Å². The Morgan fingerprint density at radius 2 is 2.12 bits per heavy atom. The van der Waals surface area contributed by atoms with E-state index in [9.17, 15) is 17.6 Å². The van der Waals surface area contributed by atoms with Gasteiger partial charge in [-0.05, 0) is 42.7 Å². The molecule has 26 heavy (non-hydrogen) atoms. The van der Waals surface area contributed by atoms with Gasteiger partial charge in [-0.15, -0.1) is 4.40 Å². The predicted octanol–water partition coefficient (Wildman–Crippen LogP) is 1.81. The molecule has 0 spiro atoms. The normalized spacial score (nSPS) is 20.9. The van der Waals surface area contributed by atoms with Crippen molar-refractivity contribution in [3.05, 3.63) is 59.6 Å².